The van der Waals surface area contributed by atoms with E-state index in [1.165, 1.54) is 0 Å². The Bertz CT molecular complexity index is 443. The number of amides is 2. The van der Waals surface area contributed by atoms with Crippen LogP contribution in [0.5, 0.6) is 0 Å². The first-order chi connectivity index (χ1) is 10.9. The smallest absolute Gasteiger partial charge is 0.317 e. The summed E-state index contributed by atoms with van der Waals surface area (Å²) in [4.78, 5) is 28.1. The van der Waals surface area contributed by atoms with Crippen molar-refractivity contribution in [3.05, 3.63) is 0 Å². The van der Waals surface area contributed by atoms with Gasteiger partial charge in [-0.05, 0) is 45.7 Å². The monoisotopic (exact) mass is 325 g/mol. The summed E-state index contributed by atoms with van der Waals surface area (Å²) >= 11 is 0. The lowest BCUT2D eigenvalue weighted by atomic mass is 9.81. The highest BCUT2D eigenvalue weighted by Gasteiger charge is 2.55. The number of carboxylic acid groups (broad SMARTS) is 1. The predicted octanol–water partition coefficient (Wildman–Crippen LogP) is 2.00. The summed E-state index contributed by atoms with van der Waals surface area (Å²) in [6.45, 7) is 6.96. The Hall–Kier alpha value is -1.30. The zero-order chi connectivity index (χ0) is 17.0. The summed E-state index contributed by atoms with van der Waals surface area (Å²) in [5.74, 6) is -0.615. The molecule has 2 fully saturated rings. The predicted molar refractivity (Wildman–Crippen MR) is 89.4 cm³/mol. The molecule has 1 saturated heterocycles. The molecule has 0 aromatic heterocycles. The number of urea groups is 1. The molecule has 2 amide bonds. The summed E-state index contributed by atoms with van der Waals surface area (Å²) in [6, 6.07) is -0.0537. The number of nitrogens with one attached hydrogen (secondary N) is 1. The number of rotatable bonds is 7. The van der Waals surface area contributed by atoms with Crippen LogP contribution in [0.4, 0.5) is 4.79 Å². The van der Waals surface area contributed by atoms with Crippen molar-refractivity contribution in [2.24, 2.45) is 11.3 Å². The highest BCUT2D eigenvalue weighted by molar-refractivity contribution is 5.80. The van der Waals surface area contributed by atoms with Crippen LogP contribution in [0.15, 0.2) is 0 Å². The van der Waals surface area contributed by atoms with Crippen LogP contribution in [0.2, 0.25) is 0 Å². The maximum absolute atomic E-state index is 12.5. The average molecular weight is 325 g/mol. The fraction of sp³-hybridized carbons (Fsp3) is 0.882. The Morgan fingerprint density at radius 2 is 2.22 bits per heavy atom. The van der Waals surface area contributed by atoms with Gasteiger partial charge in [0.1, 0.15) is 0 Å². The second kappa shape index (κ2) is 7.51. The maximum atomic E-state index is 12.5. The van der Waals surface area contributed by atoms with Gasteiger partial charge >= 0.3 is 12.0 Å². The number of aliphatic carboxylic acids is 1. The van der Waals surface area contributed by atoms with E-state index in [0.717, 1.165) is 38.8 Å². The summed E-state index contributed by atoms with van der Waals surface area (Å²) in [5, 5.41) is 12.6. The standard InChI is InChI=1S/C17H31N3O3/c1-4-5-9-19(3)10-13(2)18-16(23)20-11-14-7-6-8-17(14,12-20)15(21)22/h13-14H,4-12H2,1-3H3,(H,18,23)(H,21,22)/t13?,14-,17+/m0/s1. The molecular formula is C17H31N3O3. The van der Waals surface area contributed by atoms with Gasteiger partial charge in [-0.2, -0.15) is 0 Å². The van der Waals surface area contributed by atoms with Gasteiger partial charge in [0, 0.05) is 25.7 Å². The SMILES string of the molecule is CCCCN(C)CC(C)NC(=O)N1C[C@@H]2CCC[C@@]2(C(=O)O)C1. The Morgan fingerprint density at radius 1 is 1.48 bits per heavy atom. The van der Waals surface area contributed by atoms with Gasteiger partial charge in [-0.15, -0.1) is 0 Å². The van der Waals surface area contributed by atoms with Crippen LogP contribution < -0.4 is 5.32 Å². The lowest BCUT2D eigenvalue weighted by Gasteiger charge is -2.26. The molecule has 0 aromatic carbocycles. The fourth-order valence-electron chi connectivity index (χ4n) is 4.13. The molecule has 23 heavy (non-hydrogen) atoms. The zero-order valence-corrected chi connectivity index (χ0v) is 14.7. The number of carbonyl (C=O) groups is 2. The second-order valence-corrected chi connectivity index (χ2v) is 7.40. The Morgan fingerprint density at radius 3 is 2.83 bits per heavy atom. The number of likely N-dealkylation sites (tertiary alicyclic amines) is 1. The molecular weight excluding hydrogens is 294 g/mol. The molecule has 3 atom stereocenters. The lowest BCUT2D eigenvalue weighted by molar-refractivity contribution is -0.149. The van der Waals surface area contributed by atoms with Gasteiger partial charge < -0.3 is 20.2 Å². The molecule has 0 radical (unpaired) electrons. The summed E-state index contributed by atoms with van der Waals surface area (Å²) in [7, 11) is 2.07. The molecule has 1 aliphatic carbocycles. The summed E-state index contributed by atoms with van der Waals surface area (Å²) < 4.78 is 0. The number of carbonyl (C=O) groups excluding carboxylic acids is 1. The van der Waals surface area contributed by atoms with Crippen molar-refractivity contribution in [1.82, 2.24) is 15.1 Å². The minimum absolute atomic E-state index is 0.0607. The van der Waals surface area contributed by atoms with Crippen molar-refractivity contribution in [1.29, 1.82) is 0 Å². The molecule has 0 spiro atoms. The van der Waals surface area contributed by atoms with Gasteiger partial charge in [-0.25, -0.2) is 4.79 Å². The van der Waals surface area contributed by atoms with E-state index in [1.54, 1.807) is 4.90 Å². The van der Waals surface area contributed by atoms with Gasteiger partial charge in [0.05, 0.1) is 5.41 Å². The third-order valence-corrected chi connectivity index (χ3v) is 5.43. The van der Waals surface area contributed by atoms with Crippen LogP contribution in [0, 0.1) is 11.3 Å². The van der Waals surface area contributed by atoms with Crippen molar-refractivity contribution < 1.29 is 14.7 Å². The molecule has 6 heteroatoms. The van der Waals surface area contributed by atoms with E-state index in [2.05, 4.69) is 24.2 Å². The van der Waals surface area contributed by atoms with Crippen LogP contribution in [0.3, 0.4) is 0 Å². The highest BCUT2D eigenvalue weighted by Crippen LogP contribution is 2.48. The fourth-order valence-corrected chi connectivity index (χ4v) is 4.13. The third kappa shape index (κ3) is 3.97. The number of likely N-dealkylation sites (N-methyl/N-ethyl adjacent to an activating group) is 1. The number of nitrogens with zero attached hydrogens (tertiary/aromatic N) is 2. The van der Waals surface area contributed by atoms with E-state index >= 15 is 0 Å². The van der Waals surface area contributed by atoms with Crippen molar-refractivity contribution >= 4 is 12.0 Å². The molecule has 132 valence electrons. The van der Waals surface area contributed by atoms with Crippen LogP contribution in [-0.4, -0.2) is 66.2 Å². The molecule has 2 N–H and O–H groups in total. The van der Waals surface area contributed by atoms with E-state index < -0.39 is 11.4 Å². The van der Waals surface area contributed by atoms with Crippen LogP contribution >= 0.6 is 0 Å². The first-order valence-electron chi connectivity index (χ1n) is 8.86. The molecule has 2 aliphatic rings. The average Bonchev–Trinajstić information content (AvgIpc) is 3.02. The van der Waals surface area contributed by atoms with E-state index in [0.29, 0.717) is 19.5 Å². The third-order valence-electron chi connectivity index (χ3n) is 5.43. The van der Waals surface area contributed by atoms with Crippen LogP contribution in [0.25, 0.3) is 0 Å². The number of unbranched alkanes of at least 4 members (excludes halogenated alkanes) is 1. The highest BCUT2D eigenvalue weighted by atomic mass is 16.4. The number of hydrogen-bond donors (Lipinski definition) is 2. The van der Waals surface area contributed by atoms with E-state index in [4.69, 9.17) is 0 Å². The quantitative estimate of drug-likeness (QED) is 0.751. The van der Waals surface area contributed by atoms with E-state index in [1.807, 2.05) is 6.92 Å². The largest absolute Gasteiger partial charge is 0.481 e. The molecule has 1 unspecified atom stereocenters. The van der Waals surface area contributed by atoms with Gasteiger partial charge in [0.2, 0.25) is 0 Å². The van der Waals surface area contributed by atoms with Crippen molar-refractivity contribution in [3.63, 3.8) is 0 Å². The van der Waals surface area contributed by atoms with Crippen molar-refractivity contribution in [2.45, 2.75) is 52.0 Å². The molecule has 0 aromatic rings. The van der Waals surface area contributed by atoms with Gasteiger partial charge in [-0.1, -0.05) is 19.8 Å². The molecule has 6 nitrogen and oxygen atoms in total. The van der Waals surface area contributed by atoms with E-state index in [9.17, 15) is 14.7 Å². The Balaban J connectivity index is 1.84. The number of hydrogen-bond acceptors (Lipinski definition) is 3. The number of carboxylic acids is 1. The van der Waals surface area contributed by atoms with Crippen molar-refractivity contribution in [2.75, 3.05) is 33.2 Å². The minimum atomic E-state index is -0.734. The van der Waals surface area contributed by atoms with Gasteiger partial charge in [0.15, 0.2) is 0 Å². The second-order valence-electron chi connectivity index (χ2n) is 7.40. The van der Waals surface area contributed by atoms with E-state index in [-0.39, 0.29) is 18.0 Å². The number of fused-ring (bicyclic) bond motifs is 1. The van der Waals surface area contributed by atoms with Crippen molar-refractivity contribution in [3.8, 4) is 0 Å². The van der Waals surface area contributed by atoms with Crippen LogP contribution in [-0.2, 0) is 4.79 Å². The first kappa shape index (κ1) is 18.0. The minimum Gasteiger partial charge on any atom is -0.481 e. The topological polar surface area (TPSA) is 72.9 Å². The molecule has 1 aliphatic heterocycles. The zero-order valence-electron chi connectivity index (χ0n) is 14.7. The summed E-state index contributed by atoms with van der Waals surface area (Å²) in [6.07, 6.45) is 4.91. The molecule has 1 saturated carbocycles. The molecule has 0 bridgehead atoms. The molecule has 2 rings (SSSR count). The first-order valence-corrected chi connectivity index (χ1v) is 8.86. The normalized spacial score (nSPS) is 28.0. The Labute approximate surface area is 139 Å². The van der Waals surface area contributed by atoms with Gasteiger partial charge in [0.25, 0.3) is 0 Å². The Kier molecular flexibility index (Phi) is 5.89. The van der Waals surface area contributed by atoms with Crippen LogP contribution in [0.1, 0.15) is 46.0 Å². The molecule has 1 heterocycles. The summed E-state index contributed by atoms with van der Waals surface area (Å²) in [5.41, 5.74) is -0.696. The maximum Gasteiger partial charge on any atom is 0.317 e. The van der Waals surface area contributed by atoms with Gasteiger partial charge in [-0.3, -0.25) is 4.79 Å². The lowest BCUT2D eigenvalue weighted by Crippen LogP contribution is -2.47.